The maximum atomic E-state index is 12.2. The van der Waals surface area contributed by atoms with Crippen molar-refractivity contribution >= 4 is 19.3 Å². The fraction of sp³-hybridized carbons (Fsp3) is 0.595. The number of nitrogens with zero attached hydrogens (tertiary/aromatic N) is 2. The minimum absolute atomic E-state index is 0.159. The van der Waals surface area contributed by atoms with Gasteiger partial charge in [0.1, 0.15) is 0 Å². The number of carbonyl (C=O) groups excluding carboxylic acids is 2. The van der Waals surface area contributed by atoms with Gasteiger partial charge < -0.3 is 24.2 Å². The second-order valence-electron chi connectivity index (χ2n) is 22.8. The molecule has 12 heteroatoms. The van der Waals surface area contributed by atoms with E-state index < -0.39 is 7.32 Å². The van der Waals surface area contributed by atoms with Crippen LogP contribution in [0.1, 0.15) is 284 Å². The van der Waals surface area contributed by atoms with E-state index in [4.69, 9.17) is 23.8 Å². The first kappa shape index (κ1) is 74.7. The van der Waals surface area contributed by atoms with Crippen LogP contribution in [-0.2, 0) is 19.5 Å². The maximum Gasteiger partial charge on any atom is 0.408 e. The number of hydrogen-bond donors (Lipinski definition) is 0. The van der Waals surface area contributed by atoms with Crippen LogP contribution in [0, 0.1) is 0 Å². The number of hydrogen-bond acceptors (Lipinski definition) is 9. The molecular weight excluding hydrogens is 1070 g/mol. The molecule has 5 rings (SSSR count). The highest BCUT2D eigenvalue weighted by atomic mass is 16.7. The molecule has 3 aromatic carbocycles. The lowest BCUT2D eigenvalue weighted by Gasteiger charge is -2.37. The average molecular weight is 1190 g/mol. The van der Waals surface area contributed by atoms with E-state index in [2.05, 4.69) is 50.2 Å². The fourth-order valence-electron chi connectivity index (χ4n) is 11.1. The van der Waals surface area contributed by atoms with Crippen molar-refractivity contribution in [1.82, 2.24) is 0 Å². The molecule has 0 fully saturated rings. The number of benzene rings is 3. The van der Waals surface area contributed by atoms with E-state index in [9.17, 15) is 19.6 Å². The van der Waals surface area contributed by atoms with E-state index in [-0.39, 0.29) is 24.0 Å². The molecule has 0 aliphatic carbocycles. The summed E-state index contributed by atoms with van der Waals surface area (Å²) >= 11 is 0. The summed E-state index contributed by atoms with van der Waals surface area (Å²) in [6.07, 6.45) is 47.7. The van der Waals surface area contributed by atoms with E-state index in [0.717, 1.165) is 32.1 Å². The topological polar surface area (TPSA) is 134 Å². The van der Waals surface area contributed by atoms with Crippen LogP contribution >= 0.6 is 0 Å². The van der Waals surface area contributed by atoms with Crippen molar-refractivity contribution in [2.24, 2.45) is 0 Å². The van der Waals surface area contributed by atoms with Crippen molar-refractivity contribution in [1.29, 1.82) is 0 Å². The Morgan fingerprint density at radius 2 is 0.640 bits per heavy atom. The Morgan fingerprint density at radius 1 is 0.360 bits per heavy atom. The number of pyridine rings is 2. The summed E-state index contributed by atoms with van der Waals surface area (Å²) in [5.41, 5.74) is 4.05. The molecule has 0 saturated heterocycles. The van der Waals surface area contributed by atoms with Crippen molar-refractivity contribution in [2.75, 3.05) is 33.0 Å². The molecule has 0 radical (unpaired) electrons. The van der Waals surface area contributed by atoms with Gasteiger partial charge in [0.25, 0.3) is 0 Å². The van der Waals surface area contributed by atoms with Gasteiger partial charge in [0.2, 0.25) is 12.4 Å². The Morgan fingerprint density at radius 3 is 0.919 bits per heavy atom. The van der Waals surface area contributed by atoms with Crippen LogP contribution in [0.4, 0.5) is 0 Å². The molecular formula is C74H113BN2O9. The van der Waals surface area contributed by atoms with Gasteiger partial charge >= 0.3 is 23.3 Å². The molecule has 11 nitrogen and oxygen atoms in total. The third kappa shape index (κ3) is 33.5. The van der Waals surface area contributed by atoms with Crippen LogP contribution in [0.25, 0.3) is 0 Å². The first-order valence-electron chi connectivity index (χ1n) is 34.0. The molecule has 0 amide bonds. The van der Waals surface area contributed by atoms with Crippen LogP contribution in [0.2, 0.25) is 0 Å². The van der Waals surface area contributed by atoms with Gasteiger partial charge in [-0.1, -0.05) is 297 Å². The highest BCUT2D eigenvalue weighted by molar-refractivity contribution is 6.28. The van der Waals surface area contributed by atoms with Crippen LogP contribution < -0.4 is 29.2 Å². The van der Waals surface area contributed by atoms with E-state index in [1.54, 1.807) is 24.5 Å². The Hall–Kier alpha value is -5.56. The molecule has 0 atom stereocenters. The average Bonchev–Trinajstić information content (AvgIpc) is 3.33. The summed E-state index contributed by atoms with van der Waals surface area (Å²) in [7, 11) is -2.23. The molecule has 0 saturated carbocycles. The smallest absolute Gasteiger partial charge is 0.408 e. The summed E-state index contributed by atoms with van der Waals surface area (Å²) in [6.45, 7) is 10.5. The lowest BCUT2D eigenvalue weighted by molar-refractivity contribution is -0.892. The summed E-state index contributed by atoms with van der Waals surface area (Å²) in [4.78, 5) is 35.2. The second-order valence-corrected chi connectivity index (χ2v) is 22.8. The summed E-state index contributed by atoms with van der Waals surface area (Å²) < 4.78 is 18.5. The Kier molecular flexibility index (Phi) is 44.7. The van der Waals surface area contributed by atoms with E-state index in [1.165, 1.54) is 206 Å². The van der Waals surface area contributed by atoms with Crippen LogP contribution in [0.3, 0.4) is 0 Å². The monoisotopic (exact) mass is 1180 g/mol. The van der Waals surface area contributed by atoms with Crippen molar-refractivity contribution in [3.63, 3.8) is 0 Å². The zero-order chi connectivity index (χ0) is 61.6. The van der Waals surface area contributed by atoms with E-state index >= 15 is 0 Å². The lowest BCUT2D eigenvalue weighted by Crippen LogP contribution is -2.48. The molecule has 2 aromatic heterocycles. The van der Waals surface area contributed by atoms with Gasteiger partial charge in [0.15, 0.2) is 13.2 Å². The summed E-state index contributed by atoms with van der Waals surface area (Å²) in [5.74, 6) is -0.630. The van der Waals surface area contributed by atoms with E-state index in [0.29, 0.717) is 44.2 Å². The minimum atomic E-state index is -2.23. The van der Waals surface area contributed by atoms with Gasteiger partial charge in [-0.25, -0.2) is 9.59 Å². The first-order valence-corrected chi connectivity index (χ1v) is 34.0. The zero-order valence-corrected chi connectivity index (χ0v) is 54.0. The van der Waals surface area contributed by atoms with Gasteiger partial charge in [-0.2, -0.15) is 0 Å². The summed E-state index contributed by atoms with van der Waals surface area (Å²) in [6, 6.07) is 41.8. The number of esters is 2. The third-order valence-electron chi connectivity index (χ3n) is 15.8. The quantitative estimate of drug-likeness (QED) is 0.0123. The van der Waals surface area contributed by atoms with Gasteiger partial charge in [-0.05, 0) is 68.4 Å². The number of unbranched alkanes of at least 4 members (excludes halogenated alkanes) is 30. The lowest BCUT2D eigenvalue weighted by atomic mass is 9.67. The second kappa shape index (κ2) is 51.5. The predicted octanol–water partition coefficient (Wildman–Crippen LogP) is 16.2. The highest BCUT2D eigenvalue weighted by Gasteiger charge is 2.35. The Labute approximate surface area is 522 Å². The number of ether oxygens (including phenoxy) is 2. The SMILES string of the molecule is CCCCCCCCCCCCCCCCCCOC(=O)c1cccc[n+]1OCC.CCCCCCCCCCCCCCCCCCOC(=O)c1cccc[n+]1OCC.[O-]B([O-])OCCCC(c1ccccc1)(c1ccccc1)c1ccccc1. The number of aromatic nitrogens is 2. The molecule has 5 aromatic rings. The molecule has 86 heavy (non-hydrogen) atoms. The Balaban J connectivity index is 0.000000338. The van der Waals surface area contributed by atoms with Gasteiger partial charge in [0.05, 0.1) is 20.5 Å². The molecule has 0 spiro atoms. The molecule has 2 heterocycles. The third-order valence-corrected chi connectivity index (χ3v) is 15.8. The number of rotatable bonds is 48. The van der Waals surface area contributed by atoms with Crippen molar-refractivity contribution in [2.45, 2.75) is 251 Å². The van der Waals surface area contributed by atoms with Crippen molar-refractivity contribution < 1.29 is 52.9 Å². The molecule has 0 unspecified atom stereocenters. The highest BCUT2D eigenvalue weighted by Crippen LogP contribution is 2.43. The van der Waals surface area contributed by atoms with Crippen LogP contribution in [0.15, 0.2) is 140 Å². The largest absolute Gasteiger partial charge is 0.871 e. The van der Waals surface area contributed by atoms with Crippen molar-refractivity contribution in [3.8, 4) is 0 Å². The standard InChI is InChI=1S/2C26H46NO3.C22H21BO3/c2*1-3-5-6-7-8-9-10-11-12-13-14-15-16-17-18-21-24-29-26(28)25-22-19-20-23-27(25)30-4-2;24-23(25)26-18-10-17-22(19-11-4-1-5-12-19,20-13-6-2-7-14-20)21-15-8-3-9-16-21/h2*19-20,22-23H,3-18,21,24H2,1-2H3;1-9,11-16H,10,17-18H2/q2*+1;-2. The van der Waals surface area contributed by atoms with Gasteiger partial charge in [0, 0.05) is 45.7 Å². The van der Waals surface area contributed by atoms with Gasteiger partial charge in [-0.3, -0.25) is 9.68 Å². The Bertz CT molecular complexity index is 2170. The fourth-order valence-corrected chi connectivity index (χ4v) is 11.1. The number of carbonyl (C=O) groups is 2. The molecule has 0 N–H and O–H groups in total. The van der Waals surface area contributed by atoms with Crippen molar-refractivity contribution in [3.05, 3.63) is 168 Å². The summed E-state index contributed by atoms with van der Waals surface area (Å²) in [5, 5.41) is 21.4. The molecule has 0 aliphatic rings. The predicted molar refractivity (Wildman–Crippen MR) is 347 cm³/mol. The normalized spacial score (nSPS) is 11.0. The molecule has 0 aliphatic heterocycles. The van der Waals surface area contributed by atoms with Gasteiger partial charge in [-0.15, -0.1) is 0 Å². The van der Waals surface area contributed by atoms with E-state index in [1.807, 2.05) is 92.7 Å². The van der Waals surface area contributed by atoms with Crippen LogP contribution in [-0.4, -0.2) is 52.3 Å². The maximum absolute atomic E-state index is 12.2. The molecule has 476 valence electrons. The minimum Gasteiger partial charge on any atom is -0.871 e. The molecule has 0 bridgehead atoms. The first-order chi connectivity index (χ1) is 42.3. The zero-order valence-electron chi connectivity index (χ0n) is 54.0. The van der Waals surface area contributed by atoms with Crippen LogP contribution in [0.5, 0.6) is 0 Å².